The van der Waals surface area contributed by atoms with Crippen LogP contribution in [0.4, 0.5) is 4.39 Å². The topological polar surface area (TPSA) is 49.9 Å². The lowest BCUT2D eigenvalue weighted by atomic mass is 9.73. The van der Waals surface area contributed by atoms with Crippen molar-refractivity contribution in [2.45, 2.75) is 49.5 Å². The van der Waals surface area contributed by atoms with E-state index in [1.807, 2.05) is 0 Å². The zero-order valence-electron chi connectivity index (χ0n) is 15.9. The van der Waals surface area contributed by atoms with Crippen molar-refractivity contribution in [1.29, 1.82) is 0 Å². The zero-order chi connectivity index (χ0) is 19.0. The molecule has 2 heterocycles. The molecule has 1 aromatic rings. The first-order valence-electron chi connectivity index (χ1n) is 10.1. The van der Waals surface area contributed by atoms with Crippen molar-refractivity contribution in [2.75, 3.05) is 33.3 Å². The second-order valence-corrected chi connectivity index (χ2v) is 10.1. The summed E-state index contributed by atoms with van der Waals surface area (Å²) in [5.41, 5.74) is 0. The quantitative estimate of drug-likeness (QED) is 0.785. The number of likely N-dealkylation sites (tertiary alicyclic amines) is 1. The Morgan fingerprint density at radius 2 is 1.70 bits per heavy atom. The van der Waals surface area contributed by atoms with Gasteiger partial charge in [-0.15, -0.1) is 0 Å². The summed E-state index contributed by atoms with van der Waals surface area (Å²) in [5, 5.41) is 0. The Labute approximate surface area is 161 Å². The molecule has 2 aliphatic heterocycles. The van der Waals surface area contributed by atoms with Gasteiger partial charge in [-0.3, -0.25) is 4.90 Å². The molecule has 2 saturated heterocycles. The van der Waals surface area contributed by atoms with Crippen molar-refractivity contribution in [1.82, 2.24) is 9.21 Å². The van der Waals surface area contributed by atoms with Crippen LogP contribution in [0, 0.1) is 17.7 Å². The fourth-order valence-corrected chi connectivity index (χ4v) is 7.09. The number of hydrogen-bond donors (Lipinski definition) is 0. The van der Waals surface area contributed by atoms with E-state index in [2.05, 4.69) is 4.90 Å². The summed E-state index contributed by atoms with van der Waals surface area (Å²) in [6.07, 6.45) is 7.13. The van der Waals surface area contributed by atoms with Gasteiger partial charge in [0.1, 0.15) is 16.5 Å². The summed E-state index contributed by atoms with van der Waals surface area (Å²) in [7, 11) is -2.35. The molecule has 150 valence electrons. The van der Waals surface area contributed by atoms with Gasteiger partial charge in [0.25, 0.3) is 0 Å². The Bertz CT molecular complexity index is 765. The van der Waals surface area contributed by atoms with Gasteiger partial charge in [0.2, 0.25) is 10.0 Å². The molecule has 3 fully saturated rings. The van der Waals surface area contributed by atoms with Crippen LogP contribution >= 0.6 is 0 Å². The summed E-state index contributed by atoms with van der Waals surface area (Å²) in [6, 6.07) is 4.21. The lowest BCUT2D eigenvalue weighted by molar-refractivity contribution is -0.00314. The van der Waals surface area contributed by atoms with Crippen molar-refractivity contribution in [3.05, 3.63) is 24.0 Å². The van der Waals surface area contributed by atoms with Crippen molar-refractivity contribution in [3.8, 4) is 5.75 Å². The van der Waals surface area contributed by atoms with Gasteiger partial charge in [0, 0.05) is 19.1 Å². The van der Waals surface area contributed by atoms with Gasteiger partial charge in [0.05, 0.1) is 7.11 Å². The van der Waals surface area contributed by atoms with E-state index in [0.29, 0.717) is 31.0 Å². The average molecular weight is 397 g/mol. The van der Waals surface area contributed by atoms with Crippen LogP contribution in [0.5, 0.6) is 5.75 Å². The molecule has 27 heavy (non-hydrogen) atoms. The first-order valence-corrected chi connectivity index (χ1v) is 11.5. The second kappa shape index (κ2) is 7.68. The van der Waals surface area contributed by atoms with Crippen LogP contribution in [-0.2, 0) is 10.0 Å². The van der Waals surface area contributed by atoms with Crippen LogP contribution in [0.2, 0.25) is 0 Å². The summed E-state index contributed by atoms with van der Waals surface area (Å²) in [5.74, 6) is 0.382. The smallest absolute Gasteiger partial charge is 0.246 e. The molecule has 5 nitrogen and oxygen atoms in total. The minimum absolute atomic E-state index is 0.0560. The number of benzene rings is 1. The molecular formula is C20H29FN2O3S. The number of fused-ring (bicyclic) bond motifs is 2. The van der Waals surface area contributed by atoms with E-state index in [-0.39, 0.29) is 10.6 Å². The molecule has 0 amide bonds. The highest BCUT2D eigenvalue weighted by atomic mass is 32.2. The standard InChI is InChI=1S/C20H29FN2O3S/c1-26-18-9-8-17(21)12-19(18)27(24,25)23-13-15-6-5-7-16(14-23)20(15)22-10-3-2-4-11-22/h8-9,12,15-16,20H,2-7,10-11,13-14H2,1H3. The SMILES string of the molecule is COc1ccc(F)cc1S(=O)(=O)N1CC2CCCC(C1)C2N1CCCCC1. The number of methoxy groups -OCH3 is 1. The fourth-order valence-electron chi connectivity index (χ4n) is 5.37. The Kier molecular flexibility index (Phi) is 5.45. The number of sulfonamides is 1. The van der Waals surface area contributed by atoms with Crippen LogP contribution in [0.3, 0.4) is 0 Å². The first-order chi connectivity index (χ1) is 13.0. The lowest BCUT2D eigenvalue weighted by Crippen LogP contribution is -2.59. The van der Waals surface area contributed by atoms with Crippen molar-refractivity contribution in [3.63, 3.8) is 0 Å². The van der Waals surface area contributed by atoms with Gasteiger partial charge >= 0.3 is 0 Å². The molecule has 0 spiro atoms. The minimum atomic E-state index is -3.77. The maximum Gasteiger partial charge on any atom is 0.246 e. The van der Waals surface area contributed by atoms with E-state index >= 15 is 0 Å². The van der Waals surface area contributed by atoms with E-state index in [1.54, 1.807) is 4.31 Å². The zero-order valence-corrected chi connectivity index (χ0v) is 16.8. The largest absolute Gasteiger partial charge is 0.495 e. The first kappa shape index (κ1) is 19.2. The third-order valence-corrected chi connectivity index (χ3v) is 8.40. The summed E-state index contributed by atoms with van der Waals surface area (Å²) in [4.78, 5) is 2.56. The van der Waals surface area contributed by atoms with Crippen molar-refractivity contribution < 1.29 is 17.5 Å². The number of rotatable bonds is 4. The van der Waals surface area contributed by atoms with Gasteiger partial charge in [-0.1, -0.05) is 12.8 Å². The van der Waals surface area contributed by atoms with Gasteiger partial charge in [0.15, 0.2) is 0 Å². The molecule has 3 aliphatic rings. The predicted octanol–water partition coefficient (Wildman–Crippen LogP) is 3.11. The van der Waals surface area contributed by atoms with Gasteiger partial charge < -0.3 is 4.74 Å². The number of halogens is 1. The number of nitrogens with zero attached hydrogens (tertiary/aromatic N) is 2. The number of hydrogen-bond acceptors (Lipinski definition) is 4. The number of ether oxygens (including phenoxy) is 1. The van der Waals surface area contributed by atoms with Crippen LogP contribution in [0.1, 0.15) is 38.5 Å². The highest BCUT2D eigenvalue weighted by Gasteiger charge is 2.46. The summed E-state index contributed by atoms with van der Waals surface area (Å²) < 4.78 is 47.2. The fraction of sp³-hybridized carbons (Fsp3) is 0.700. The van der Waals surface area contributed by atoms with Gasteiger partial charge in [-0.25, -0.2) is 12.8 Å². The Morgan fingerprint density at radius 1 is 1.04 bits per heavy atom. The maximum atomic E-state index is 13.8. The molecule has 2 unspecified atom stereocenters. The van der Waals surface area contributed by atoms with Crippen LogP contribution in [0.15, 0.2) is 23.1 Å². The average Bonchev–Trinajstić information content (AvgIpc) is 2.67. The van der Waals surface area contributed by atoms with Gasteiger partial charge in [-0.05, 0) is 68.8 Å². The number of piperidine rings is 2. The molecule has 2 bridgehead atoms. The Morgan fingerprint density at radius 3 is 2.33 bits per heavy atom. The summed E-state index contributed by atoms with van der Waals surface area (Å²) in [6.45, 7) is 3.34. The Balaban J connectivity index is 1.60. The van der Waals surface area contributed by atoms with E-state index in [9.17, 15) is 12.8 Å². The molecule has 0 aromatic heterocycles. The lowest BCUT2D eigenvalue weighted by Gasteiger charge is -2.52. The van der Waals surface area contributed by atoms with E-state index in [1.165, 1.54) is 44.9 Å². The Hall–Kier alpha value is -1.18. The van der Waals surface area contributed by atoms with Crippen LogP contribution in [-0.4, -0.2) is 57.0 Å². The molecule has 1 aliphatic carbocycles. The van der Waals surface area contributed by atoms with Gasteiger partial charge in [-0.2, -0.15) is 4.31 Å². The third kappa shape index (κ3) is 3.61. The maximum absolute atomic E-state index is 13.8. The van der Waals surface area contributed by atoms with E-state index < -0.39 is 15.8 Å². The normalized spacial score (nSPS) is 30.2. The molecule has 0 N–H and O–H groups in total. The molecule has 1 aromatic carbocycles. The molecule has 2 atom stereocenters. The van der Waals surface area contributed by atoms with Crippen molar-refractivity contribution in [2.24, 2.45) is 11.8 Å². The molecular weight excluding hydrogens is 367 g/mol. The van der Waals surface area contributed by atoms with Crippen LogP contribution < -0.4 is 4.74 Å². The van der Waals surface area contributed by atoms with E-state index in [4.69, 9.17) is 4.74 Å². The molecule has 1 saturated carbocycles. The monoisotopic (exact) mass is 396 g/mol. The highest BCUT2D eigenvalue weighted by molar-refractivity contribution is 7.89. The van der Waals surface area contributed by atoms with Crippen LogP contribution in [0.25, 0.3) is 0 Å². The molecule has 7 heteroatoms. The highest BCUT2D eigenvalue weighted by Crippen LogP contribution is 2.41. The molecule has 4 rings (SSSR count). The van der Waals surface area contributed by atoms with E-state index in [0.717, 1.165) is 32.0 Å². The minimum Gasteiger partial charge on any atom is -0.495 e. The molecule has 0 radical (unpaired) electrons. The van der Waals surface area contributed by atoms with Crippen molar-refractivity contribution >= 4 is 10.0 Å². The predicted molar refractivity (Wildman–Crippen MR) is 102 cm³/mol. The third-order valence-electron chi connectivity index (χ3n) is 6.55. The second-order valence-electron chi connectivity index (χ2n) is 8.16. The summed E-state index contributed by atoms with van der Waals surface area (Å²) >= 11 is 0.